The van der Waals surface area contributed by atoms with E-state index in [1.165, 1.54) is 19.1 Å². The molecule has 0 unspecified atom stereocenters. The fraction of sp³-hybridized carbons (Fsp3) is 0.350. The van der Waals surface area contributed by atoms with Crippen molar-refractivity contribution in [3.8, 4) is 0 Å². The molecular weight excluding hydrogens is 364 g/mol. The highest BCUT2D eigenvalue weighted by molar-refractivity contribution is 6.21. The number of allylic oxidation sites excluding steroid dienone is 2. The lowest BCUT2D eigenvalue weighted by Gasteiger charge is -2.22. The molecule has 2 aliphatic heterocycles. The summed E-state index contributed by atoms with van der Waals surface area (Å²) in [6.45, 7) is 0.839. The Kier molecular flexibility index (Phi) is 4.33. The third kappa shape index (κ3) is 2.64. The number of amides is 4. The van der Waals surface area contributed by atoms with Crippen molar-refractivity contribution in [3.05, 3.63) is 47.5 Å². The summed E-state index contributed by atoms with van der Waals surface area (Å²) < 4.78 is 5.11. The van der Waals surface area contributed by atoms with Crippen LogP contribution in [0.3, 0.4) is 0 Å². The zero-order valence-corrected chi connectivity index (χ0v) is 15.2. The quantitative estimate of drug-likeness (QED) is 0.439. The number of imide groups is 2. The second-order valence-corrected chi connectivity index (χ2v) is 7.05. The fourth-order valence-electron chi connectivity index (χ4n) is 3.92. The van der Waals surface area contributed by atoms with Crippen molar-refractivity contribution in [2.75, 3.05) is 6.73 Å². The third-order valence-electron chi connectivity index (χ3n) is 5.48. The zero-order chi connectivity index (χ0) is 20.0. The Morgan fingerprint density at radius 2 is 1.50 bits per heavy atom. The molecule has 4 rings (SSSR count). The predicted molar refractivity (Wildman–Crippen MR) is 94.6 cm³/mol. The molecule has 2 heterocycles. The number of rotatable bonds is 4. The number of ether oxygens (including phenoxy) is 1. The molecule has 0 bridgehead atoms. The highest BCUT2D eigenvalue weighted by Gasteiger charge is 2.50. The zero-order valence-electron chi connectivity index (χ0n) is 15.2. The van der Waals surface area contributed by atoms with Gasteiger partial charge in [-0.05, 0) is 31.9 Å². The molecule has 1 fully saturated rings. The highest BCUT2D eigenvalue weighted by atomic mass is 16.5. The van der Waals surface area contributed by atoms with E-state index in [9.17, 15) is 24.0 Å². The SMILES string of the molecule is C[C@H](C(=O)OCN1C(=O)c2ccccc2C1=O)N1C(=O)[C@H]2CC=CC[C@H]2C1=O. The van der Waals surface area contributed by atoms with Gasteiger partial charge in [0, 0.05) is 0 Å². The first kappa shape index (κ1) is 18.1. The molecule has 28 heavy (non-hydrogen) atoms. The summed E-state index contributed by atoms with van der Waals surface area (Å²) in [6, 6.07) is 5.20. The summed E-state index contributed by atoms with van der Waals surface area (Å²) in [6.07, 6.45) is 4.67. The van der Waals surface area contributed by atoms with Crippen LogP contribution in [0, 0.1) is 11.8 Å². The number of hydrogen-bond donors (Lipinski definition) is 0. The topological polar surface area (TPSA) is 101 Å². The molecule has 8 heteroatoms. The van der Waals surface area contributed by atoms with E-state index >= 15 is 0 Å². The minimum Gasteiger partial charge on any atom is -0.442 e. The number of esters is 1. The number of likely N-dealkylation sites (tertiary alicyclic amines) is 1. The Hall–Kier alpha value is -3.29. The molecular formula is C20H18N2O6. The third-order valence-corrected chi connectivity index (χ3v) is 5.48. The van der Waals surface area contributed by atoms with Gasteiger partial charge in [-0.3, -0.25) is 24.1 Å². The number of carbonyl (C=O) groups excluding carboxylic acids is 5. The van der Waals surface area contributed by atoms with E-state index in [0.717, 1.165) is 9.80 Å². The number of carbonyl (C=O) groups is 5. The minimum atomic E-state index is -1.12. The number of benzene rings is 1. The van der Waals surface area contributed by atoms with E-state index in [4.69, 9.17) is 4.74 Å². The van der Waals surface area contributed by atoms with Gasteiger partial charge in [-0.25, -0.2) is 9.69 Å². The number of hydrogen-bond acceptors (Lipinski definition) is 6. The van der Waals surface area contributed by atoms with Crippen LogP contribution in [0.2, 0.25) is 0 Å². The Balaban J connectivity index is 1.42. The summed E-state index contributed by atoms with van der Waals surface area (Å²) in [5.74, 6) is -3.59. The van der Waals surface area contributed by atoms with Gasteiger partial charge in [-0.1, -0.05) is 24.3 Å². The Morgan fingerprint density at radius 1 is 1.00 bits per heavy atom. The molecule has 4 amide bonds. The molecule has 3 aliphatic rings. The van der Waals surface area contributed by atoms with E-state index in [1.54, 1.807) is 12.1 Å². The van der Waals surface area contributed by atoms with Crippen molar-refractivity contribution in [2.24, 2.45) is 11.8 Å². The van der Waals surface area contributed by atoms with E-state index in [2.05, 4.69) is 0 Å². The lowest BCUT2D eigenvalue weighted by molar-refractivity contribution is -0.159. The first-order valence-corrected chi connectivity index (χ1v) is 9.05. The van der Waals surface area contributed by atoms with Gasteiger partial charge in [0.2, 0.25) is 11.8 Å². The molecule has 1 aliphatic carbocycles. The molecule has 0 aromatic heterocycles. The predicted octanol–water partition coefficient (Wildman–Crippen LogP) is 1.12. The van der Waals surface area contributed by atoms with Crippen LogP contribution < -0.4 is 0 Å². The summed E-state index contributed by atoms with van der Waals surface area (Å²) in [7, 11) is 0. The lowest BCUT2D eigenvalue weighted by Crippen LogP contribution is -2.45. The molecule has 8 nitrogen and oxygen atoms in total. The van der Waals surface area contributed by atoms with Crippen molar-refractivity contribution >= 4 is 29.6 Å². The maximum atomic E-state index is 12.6. The van der Waals surface area contributed by atoms with Crippen LogP contribution in [-0.2, 0) is 19.1 Å². The summed E-state index contributed by atoms with van der Waals surface area (Å²) >= 11 is 0. The van der Waals surface area contributed by atoms with E-state index in [-0.39, 0.29) is 22.9 Å². The van der Waals surface area contributed by atoms with Gasteiger partial charge in [-0.2, -0.15) is 0 Å². The lowest BCUT2D eigenvalue weighted by atomic mass is 9.85. The van der Waals surface area contributed by atoms with Crippen molar-refractivity contribution in [3.63, 3.8) is 0 Å². The first-order valence-electron chi connectivity index (χ1n) is 9.05. The molecule has 1 aromatic carbocycles. The first-order chi connectivity index (χ1) is 13.4. The molecule has 1 saturated heterocycles. The molecule has 0 spiro atoms. The van der Waals surface area contributed by atoms with Crippen LogP contribution in [-0.4, -0.2) is 52.2 Å². The Bertz CT molecular complexity index is 875. The largest absolute Gasteiger partial charge is 0.442 e. The average molecular weight is 382 g/mol. The fourth-order valence-corrected chi connectivity index (χ4v) is 3.92. The monoisotopic (exact) mass is 382 g/mol. The van der Waals surface area contributed by atoms with Gasteiger partial charge in [0.15, 0.2) is 6.73 Å². The van der Waals surface area contributed by atoms with E-state index in [0.29, 0.717) is 12.8 Å². The molecule has 1 aromatic rings. The van der Waals surface area contributed by atoms with Gasteiger partial charge in [-0.15, -0.1) is 0 Å². The second kappa shape index (κ2) is 6.70. The van der Waals surface area contributed by atoms with Crippen molar-refractivity contribution in [1.82, 2.24) is 9.80 Å². The highest BCUT2D eigenvalue weighted by Crippen LogP contribution is 2.36. The summed E-state index contributed by atoms with van der Waals surface area (Å²) in [5.41, 5.74) is 0.496. The Labute approximate surface area is 160 Å². The van der Waals surface area contributed by atoms with Crippen LogP contribution in [0.4, 0.5) is 0 Å². The van der Waals surface area contributed by atoms with Gasteiger partial charge < -0.3 is 4.74 Å². The number of fused-ring (bicyclic) bond motifs is 2. The van der Waals surface area contributed by atoms with Gasteiger partial charge in [0.1, 0.15) is 6.04 Å². The minimum absolute atomic E-state index is 0.248. The summed E-state index contributed by atoms with van der Waals surface area (Å²) in [5, 5.41) is 0. The molecule has 0 radical (unpaired) electrons. The normalized spacial score (nSPS) is 24.5. The average Bonchev–Trinajstić information content (AvgIpc) is 3.11. The van der Waals surface area contributed by atoms with E-state index < -0.39 is 42.4 Å². The smallest absolute Gasteiger partial charge is 0.330 e. The second-order valence-electron chi connectivity index (χ2n) is 7.05. The van der Waals surface area contributed by atoms with Crippen LogP contribution in [0.1, 0.15) is 40.5 Å². The summed E-state index contributed by atoms with van der Waals surface area (Å²) in [4.78, 5) is 63.9. The Morgan fingerprint density at radius 3 is 2.00 bits per heavy atom. The van der Waals surface area contributed by atoms with Crippen molar-refractivity contribution < 1.29 is 28.7 Å². The van der Waals surface area contributed by atoms with Crippen LogP contribution in [0.25, 0.3) is 0 Å². The standard InChI is InChI=1S/C20H18N2O6/c1-11(22-18(25)14-8-4-5-9-15(14)19(22)26)20(27)28-10-21-16(23)12-6-2-3-7-13(12)17(21)24/h2-7,11,14-15H,8-10H2,1H3/t11-,14-,15+/m1/s1. The molecule has 0 N–H and O–H groups in total. The molecule has 144 valence electrons. The van der Waals surface area contributed by atoms with Crippen LogP contribution in [0.15, 0.2) is 36.4 Å². The van der Waals surface area contributed by atoms with Crippen LogP contribution >= 0.6 is 0 Å². The molecule has 0 saturated carbocycles. The van der Waals surface area contributed by atoms with Crippen molar-refractivity contribution in [1.29, 1.82) is 0 Å². The maximum Gasteiger partial charge on any atom is 0.330 e. The van der Waals surface area contributed by atoms with Gasteiger partial charge >= 0.3 is 5.97 Å². The van der Waals surface area contributed by atoms with Crippen molar-refractivity contribution in [2.45, 2.75) is 25.8 Å². The maximum absolute atomic E-state index is 12.6. The van der Waals surface area contributed by atoms with Gasteiger partial charge in [0.05, 0.1) is 23.0 Å². The van der Waals surface area contributed by atoms with E-state index in [1.807, 2.05) is 12.2 Å². The van der Waals surface area contributed by atoms with Crippen LogP contribution in [0.5, 0.6) is 0 Å². The number of nitrogens with zero attached hydrogens (tertiary/aromatic N) is 2. The van der Waals surface area contributed by atoms with Gasteiger partial charge in [0.25, 0.3) is 11.8 Å². The molecule has 3 atom stereocenters.